The van der Waals surface area contributed by atoms with E-state index in [-0.39, 0.29) is 12.3 Å². The molecule has 0 aromatic heterocycles. The molecule has 0 radical (unpaired) electrons. The maximum absolute atomic E-state index is 10.7. The fourth-order valence-electron chi connectivity index (χ4n) is 1.87. The van der Waals surface area contributed by atoms with Gasteiger partial charge in [-0.1, -0.05) is 12.1 Å². The second kappa shape index (κ2) is 7.01. The van der Waals surface area contributed by atoms with Crippen molar-refractivity contribution in [3.63, 3.8) is 0 Å². The van der Waals surface area contributed by atoms with Crippen LogP contribution in [0.5, 0.6) is 0 Å². The van der Waals surface area contributed by atoms with Crippen LogP contribution >= 0.6 is 0 Å². The van der Waals surface area contributed by atoms with E-state index in [1.807, 2.05) is 0 Å². The highest BCUT2D eigenvalue weighted by molar-refractivity contribution is 5.75. The van der Waals surface area contributed by atoms with Gasteiger partial charge >= 0.3 is 0 Å². The fourth-order valence-corrected chi connectivity index (χ4v) is 1.87. The number of nitrogens with one attached hydrogen (secondary N) is 1. The zero-order valence-electron chi connectivity index (χ0n) is 11.1. The molecule has 0 bridgehead atoms. The molecule has 1 aromatic carbocycles. The number of amides is 1. The van der Waals surface area contributed by atoms with Crippen LogP contribution in [-0.2, 0) is 4.79 Å². The van der Waals surface area contributed by atoms with Crippen LogP contribution in [0.25, 0.3) is 0 Å². The Morgan fingerprint density at radius 1 is 1.42 bits per heavy atom. The lowest BCUT2D eigenvalue weighted by molar-refractivity contribution is -0.119. The predicted molar refractivity (Wildman–Crippen MR) is 70.8 cm³/mol. The summed E-state index contributed by atoms with van der Waals surface area (Å²) in [5.74, 6) is -0.173. The Balaban J connectivity index is 2.68. The van der Waals surface area contributed by atoms with Gasteiger partial charge in [-0.25, -0.2) is 0 Å². The molecule has 5 heteroatoms. The van der Waals surface area contributed by atoms with Crippen molar-refractivity contribution in [1.82, 2.24) is 5.32 Å². The summed E-state index contributed by atoms with van der Waals surface area (Å²) in [4.78, 5) is 21.3. The topological polar surface area (TPSA) is 86.6 Å². The number of carbonyl (C=O) groups excluding carboxylic acids is 2. The molecule has 0 spiro atoms. The van der Waals surface area contributed by atoms with E-state index in [0.717, 1.165) is 11.8 Å². The second-order valence-electron chi connectivity index (χ2n) is 4.52. The Hall–Kier alpha value is -1.72. The maximum atomic E-state index is 10.7. The molecule has 0 saturated carbocycles. The standard InChI is InChI=1S/C14H19NO4/c1-9-7-11(8-16)3-4-12(9)14(19)13(18)5-6-15-10(2)17/h3-4,7-8,13-14,18-19H,5-6H2,1-2H3,(H,15,17). The number of benzene rings is 1. The third kappa shape index (κ3) is 4.46. The summed E-state index contributed by atoms with van der Waals surface area (Å²) >= 11 is 0. The summed E-state index contributed by atoms with van der Waals surface area (Å²) in [7, 11) is 0. The van der Waals surface area contributed by atoms with Crippen molar-refractivity contribution in [3.8, 4) is 0 Å². The number of aryl methyl sites for hydroxylation is 1. The number of aliphatic hydroxyl groups excluding tert-OH is 2. The van der Waals surface area contributed by atoms with Crippen LogP contribution in [0, 0.1) is 6.92 Å². The van der Waals surface area contributed by atoms with Gasteiger partial charge in [0.1, 0.15) is 12.4 Å². The van der Waals surface area contributed by atoms with Crippen LogP contribution in [0.3, 0.4) is 0 Å². The van der Waals surface area contributed by atoms with Gasteiger partial charge in [0.2, 0.25) is 5.91 Å². The lowest BCUT2D eigenvalue weighted by Gasteiger charge is -2.20. The molecule has 0 aliphatic carbocycles. The van der Waals surface area contributed by atoms with Gasteiger partial charge in [-0.15, -0.1) is 0 Å². The highest BCUT2D eigenvalue weighted by Gasteiger charge is 2.19. The molecule has 1 aromatic rings. The van der Waals surface area contributed by atoms with Crippen molar-refractivity contribution in [3.05, 3.63) is 34.9 Å². The van der Waals surface area contributed by atoms with Crippen molar-refractivity contribution in [2.75, 3.05) is 6.54 Å². The van der Waals surface area contributed by atoms with E-state index in [9.17, 15) is 19.8 Å². The Bertz CT molecular complexity index is 459. The number of aldehydes is 1. The van der Waals surface area contributed by atoms with E-state index in [1.165, 1.54) is 6.92 Å². The minimum atomic E-state index is -1.03. The Morgan fingerprint density at radius 3 is 2.63 bits per heavy atom. The van der Waals surface area contributed by atoms with Gasteiger partial charge in [0.25, 0.3) is 0 Å². The molecule has 0 saturated heterocycles. The summed E-state index contributed by atoms with van der Waals surface area (Å²) in [6, 6.07) is 4.89. The number of carbonyl (C=O) groups is 2. The van der Waals surface area contributed by atoms with Gasteiger partial charge in [0.15, 0.2) is 0 Å². The van der Waals surface area contributed by atoms with Crippen molar-refractivity contribution < 1.29 is 19.8 Å². The van der Waals surface area contributed by atoms with E-state index < -0.39 is 12.2 Å². The molecular weight excluding hydrogens is 246 g/mol. The summed E-state index contributed by atoms with van der Waals surface area (Å²) < 4.78 is 0. The highest BCUT2D eigenvalue weighted by Crippen LogP contribution is 2.22. The second-order valence-corrected chi connectivity index (χ2v) is 4.52. The zero-order chi connectivity index (χ0) is 14.4. The minimum Gasteiger partial charge on any atom is -0.390 e. The smallest absolute Gasteiger partial charge is 0.216 e. The van der Waals surface area contributed by atoms with Crippen LogP contribution in [0.4, 0.5) is 0 Å². The van der Waals surface area contributed by atoms with Crippen LogP contribution in [-0.4, -0.2) is 35.1 Å². The maximum Gasteiger partial charge on any atom is 0.216 e. The van der Waals surface area contributed by atoms with Gasteiger partial charge in [0, 0.05) is 19.0 Å². The molecule has 0 heterocycles. The van der Waals surface area contributed by atoms with E-state index in [2.05, 4.69) is 5.32 Å². The molecule has 0 fully saturated rings. The SMILES string of the molecule is CC(=O)NCCC(O)C(O)c1ccc(C=O)cc1C. The predicted octanol–water partition coefficient (Wildman–Crippen LogP) is 0.728. The lowest BCUT2D eigenvalue weighted by atomic mass is 9.96. The van der Waals surface area contributed by atoms with Crippen molar-refractivity contribution in [1.29, 1.82) is 0 Å². The third-order valence-corrected chi connectivity index (χ3v) is 2.93. The Morgan fingerprint density at radius 2 is 2.11 bits per heavy atom. The molecule has 0 aliphatic rings. The van der Waals surface area contributed by atoms with Crippen LogP contribution in [0.2, 0.25) is 0 Å². The number of hydrogen-bond acceptors (Lipinski definition) is 4. The highest BCUT2D eigenvalue weighted by atomic mass is 16.3. The van der Waals surface area contributed by atoms with Gasteiger partial charge in [-0.05, 0) is 30.5 Å². The normalized spacial score (nSPS) is 13.7. The fraction of sp³-hybridized carbons (Fsp3) is 0.429. The molecule has 104 valence electrons. The van der Waals surface area contributed by atoms with Crippen molar-refractivity contribution >= 4 is 12.2 Å². The molecule has 5 nitrogen and oxygen atoms in total. The largest absolute Gasteiger partial charge is 0.390 e. The Kier molecular flexibility index (Phi) is 5.66. The zero-order valence-corrected chi connectivity index (χ0v) is 11.1. The number of rotatable bonds is 6. The van der Waals surface area contributed by atoms with Crippen LogP contribution in [0.15, 0.2) is 18.2 Å². The lowest BCUT2D eigenvalue weighted by Crippen LogP contribution is -2.27. The van der Waals surface area contributed by atoms with Crippen molar-refractivity contribution in [2.24, 2.45) is 0 Å². The molecule has 1 amide bonds. The van der Waals surface area contributed by atoms with Crippen molar-refractivity contribution in [2.45, 2.75) is 32.5 Å². The summed E-state index contributed by atoms with van der Waals surface area (Å²) in [6.45, 7) is 3.47. The summed E-state index contributed by atoms with van der Waals surface area (Å²) in [6.07, 6.45) is -1.01. The first-order valence-corrected chi connectivity index (χ1v) is 6.12. The van der Waals surface area contributed by atoms with E-state index in [0.29, 0.717) is 17.7 Å². The third-order valence-electron chi connectivity index (χ3n) is 2.93. The average molecular weight is 265 g/mol. The molecule has 1 rings (SSSR count). The van der Waals surface area contributed by atoms with E-state index in [4.69, 9.17) is 0 Å². The molecular formula is C14H19NO4. The van der Waals surface area contributed by atoms with Gasteiger partial charge < -0.3 is 15.5 Å². The molecule has 19 heavy (non-hydrogen) atoms. The molecule has 2 unspecified atom stereocenters. The quantitative estimate of drug-likeness (QED) is 0.662. The van der Waals surface area contributed by atoms with Crippen LogP contribution < -0.4 is 5.32 Å². The summed E-state index contributed by atoms with van der Waals surface area (Å²) in [5, 5.41) is 22.5. The van der Waals surface area contributed by atoms with E-state index in [1.54, 1.807) is 25.1 Å². The molecule has 2 atom stereocenters. The Labute approximate surface area is 112 Å². The number of aliphatic hydroxyl groups is 2. The summed E-state index contributed by atoms with van der Waals surface area (Å²) in [5.41, 5.74) is 1.86. The monoisotopic (exact) mass is 265 g/mol. The molecule has 3 N–H and O–H groups in total. The first-order valence-electron chi connectivity index (χ1n) is 6.12. The van der Waals surface area contributed by atoms with Crippen LogP contribution in [0.1, 0.15) is 40.9 Å². The van der Waals surface area contributed by atoms with Gasteiger partial charge in [-0.2, -0.15) is 0 Å². The first kappa shape index (κ1) is 15.3. The number of hydrogen-bond donors (Lipinski definition) is 3. The minimum absolute atomic E-state index is 0.173. The van der Waals surface area contributed by atoms with E-state index >= 15 is 0 Å². The van der Waals surface area contributed by atoms with Gasteiger partial charge in [0.05, 0.1) is 6.10 Å². The molecule has 0 aliphatic heterocycles. The first-order chi connectivity index (χ1) is 8.95. The average Bonchev–Trinajstić information content (AvgIpc) is 2.37. The van der Waals surface area contributed by atoms with Gasteiger partial charge in [-0.3, -0.25) is 9.59 Å².